The largest absolute Gasteiger partial charge is 0.378 e. The standard InChI is InChI=1S/C12H16INO.ClH/c1-9(15)4-5-10-8-11(14(2)3)6-7-12(10)13;/h6-8H,4-5H2,1-3H3;1H. The van der Waals surface area contributed by atoms with E-state index in [-0.39, 0.29) is 18.2 Å². The molecule has 0 aliphatic rings. The molecule has 0 bridgehead atoms. The molecule has 2 nitrogen and oxygen atoms in total. The first-order chi connectivity index (χ1) is 7.00. The highest BCUT2D eigenvalue weighted by Gasteiger charge is 2.04. The van der Waals surface area contributed by atoms with E-state index in [0.717, 1.165) is 6.42 Å². The summed E-state index contributed by atoms with van der Waals surface area (Å²) in [6, 6.07) is 6.36. The van der Waals surface area contributed by atoms with Gasteiger partial charge in [-0.05, 0) is 59.7 Å². The zero-order valence-electron chi connectivity index (χ0n) is 9.79. The van der Waals surface area contributed by atoms with E-state index in [9.17, 15) is 4.79 Å². The van der Waals surface area contributed by atoms with Gasteiger partial charge in [0.1, 0.15) is 5.78 Å². The summed E-state index contributed by atoms with van der Waals surface area (Å²) in [7, 11) is 4.05. The highest BCUT2D eigenvalue weighted by Crippen LogP contribution is 2.20. The van der Waals surface area contributed by atoms with Gasteiger partial charge in [-0.25, -0.2) is 0 Å². The van der Waals surface area contributed by atoms with Gasteiger partial charge in [-0.3, -0.25) is 0 Å². The number of hydrogen-bond acceptors (Lipinski definition) is 2. The number of halogens is 2. The molecule has 0 aliphatic carbocycles. The number of benzene rings is 1. The lowest BCUT2D eigenvalue weighted by Crippen LogP contribution is -2.09. The Hall–Kier alpha value is -0.290. The van der Waals surface area contributed by atoms with Crippen molar-refractivity contribution in [2.45, 2.75) is 19.8 Å². The Labute approximate surface area is 117 Å². The van der Waals surface area contributed by atoms with Gasteiger partial charge in [0.05, 0.1) is 0 Å². The maximum absolute atomic E-state index is 10.9. The highest BCUT2D eigenvalue weighted by atomic mass is 127. The van der Waals surface area contributed by atoms with Crippen molar-refractivity contribution in [1.29, 1.82) is 0 Å². The summed E-state index contributed by atoms with van der Waals surface area (Å²) >= 11 is 2.32. The van der Waals surface area contributed by atoms with Crippen LogP contribution in [0.1, 0.15) is 18.9 Å². The molecule has 0 saturated carbocycles. The summed E-state index contributed by atoms with van der Waals surface area (Å²) in [5.41, 5.74) is 2.45. The third kappa shape index (κ3) is 4.70. The summed E-state index contributed by atoms with van der Waals surface area (Å²) < 4.78 is 1.24. The lowest BCUT2D eigenvalue weighted by molar-refractivity contribution is -0.116. The van der Waals surface area contributed by atoms with Crippen molar-refractivity contribution in [1.82, 2.24) is 0 Å². The van der Waals surface area contributed by atoms with Crippen LogP contribution in [0.2, 0.25) is 0 Å². The Balaban J connectivity index is 0.00000225. The molecule has 0 aromatic heterocycles. The van der Waals surface area contributed by atoms with E-state index in [4.69, 9.17) is 0 Å². The number of aryl methyl sites for hydroxylation is 1. The Morgan fingerprint density at radius 3 is 2.50 bits per heavy atom. The molecule has 0 heterocycles. The van der Waals surface area contributed by atoms with Crippen LogP contribution in [0.3, 0.4) is 0 Å². The first-order valence-electron chi connectivity index (χ1n) is 4.96. The molecule has 0 aliphatic heterocycles. The molecule has 90 valence electrons. The summed E-state index contributed by atoms with van der Waals surface area (Å²) in [4.78, 5) is 13.0. The molecule has 1 rings (SSSR count). The Kier molecular flexibility index (Phi) is 6.99. The normalized spacial score (nSPS) is 9.50. The minimum Gasteiger partial charge on any atom is -0.378 e. The number of anilines is 1. The van der Waals surface area contributed by atoms with E-state index in [1.807, 2.05) is 14.1 Å². The third-order valence-electron chi connectivity index (χ3n) is 2.29. The number of carbonyl (C=O) groups excluding carboxylic acids is 1. The third-order valence-corrected chi connectivity index (χ3v) is 3.34. The molecular weight excluding hydrogens is 336 g/mol. The van der Waals surface area contributed by atoms with Crippen LogP contribution in [0.5, 0.6) is 0 Å². The second kappa shape index (κ2) is 7.12. The molecule has 0 fully saturated rings. The van der Waals surface area contributed by atoms with Gasteiger partial charge in [0, 0.05) is 29.8 Å². The Morgan fingerprint density at radius 2 is 2.00 bits per heavy atom. The first kappa shape index (κ1) is 15.7. The SMILES string of the molecule is CC(=O)CCc1cc(N(C)C)ccc1I.Cl. The van der Waals surface area contributed by atoms with Crippen LogP contribution < -0.4 is 4.90 Å². The number of Topliss-reactive ketones (excluding diaryl/α,β-unsaturated/α-hetero) is 1. The van der Waals surface area contributed by atoms with Crippen molar-refractivity contribution in [2.75, 3.05) is 19.0 Å². The van der Waals surface area contributed by atoms with Crippen molar-refractivity contribution < 1.29 is 4.79 Å². The first-order valence-corrected chi connectivity index (χ1v) is 6.04. The monoisotopic (exact) mass is 353 g/mol. The summed E-state index contributed by atoms with van der Waals surface area (Å²) in [6.45, 7) is 1.64. The van der Waals surface area contributed by atoms with Crippen molar-refractivity contribution in [2.24, 2.45) is 0 Å². The van der Waals surface area contributed by atoms with E-state index < -0.39 is 0 Å². The van der Waals surface area contributed by atoms with Crippen molar-refractivity contribution in [3.63, 3.8) is 0 Å². The molecule has 1 aromatic rings. The fourth-order valence-electron chi connectivity index (χ4n) is 1.34. The number of rotatable bonds is 4. The van der Waals surface area contributed by atoms with Crippen molar-refractivity contribution in [3.05, 3.63) is 27.3 Å². The van der Waals surface area contributed by atoms with Crippen LogP contribution in [-0.4, -0.2) is 19.9 Å². The van der Waals surface area contributed by atoms with E-state index in [2.05, 4.69) is 45.7 Å². The average molecular weight is 354 g/mol. The van der Waals surface area contributed by atoms with Gasteiger partial charge in [-0.15, -0.1) is 12.4 Å². The molecule has 0 atom stereocenters. The van der Waals surface area contributed by atoms with Gasteiger partial charge in [-0.2, -0.15) is 0 Å². The number of hydrogen-bond donors (Lipinski definition) is 0. The quantitative estimate of drug-likeness (QED) is 0.774. The molecule has 0 amide bonds. The predicted molar refractivity (Wildman–Crippen MR) is 79.7 cm³/mol. The van der Waals surface area contributed by atoms with Crippen LogP contribution in [0.15, 0.2) is 18.2 Å². The fourth-order valence-corrected chi connectivity index (χ4v) is 1.95. The lowest BCUT2D eigenvalue weighted by Gasteiger charge is -2.14. The molecule has 16 heavy (non-hydrogen) atoms. The summed E-state index contributed by atoms with van der Waals surface area (Å²) in [5.74, 6) is 0.251. The smallest absolute Gasteiger partial charge is 0.130 e. The van der Waals surface area contributed by atoms with Gasteiger partial charge < -0.3 is 9.69 Å². The number of ketones is 1. The zero-order valence-corrected chi connectivity index (χ0v) is 12.8. The fraction of sp³-hybridized carbons (Fsp3) is 0.417. The topological polar surface area (TPSA) is 20.3 Å². The number of nitrogens with zero attached hydrogens (tertiary/aromatic N) is 1. The van der Waals surface area contributed by atoms with Gasteiger partial charge >= 0.3 is 0 Å². The molecule has 1 aromatic carbocycles. The van der Waals surface area contributed by atoms with Crippen LogP contribution in [0.25, 0.3) is 0 Å². The predicted octanol–water partition coefficient (Wildman–Crippen LogP) is 3.30. The van der Waals surface area contributed by atoms with Crippen LogP contribution in [-0.2, 0) is 11.2 Å². The Bertz CT molecular complexity index is 366. The molecule has 4 heteroatoms. The van der Waals surface area contributed by atoms with E-state index >= 15 is 0 Å². The minimum absolute atomic E-state index is 0. The molecule has 0 saturated heterocycles. The molecule has 0 N–H and O–H groups in total. The van der Waals surface area contributed by atoms with Crippen molar-refractivity contribution in [3.8, 4) is 0 Å². The highest BCUT2D eigenvalue weighted by molar-refractivity contribution is 14.1. The second-order valence-corrected chi connectivity index (χ2v) is 5.03. The lowest BCUT2D eigenvalue weighted by atomic mass is 10.1. The van der Waals surface area contributed by atoms with Crippen molar-refractivity contribution >= 4 is 46.5 Å². The van der Waals surface area contributed by atoms with E-state index in [1.165, 1.54) is 14.8 Å². The second-order valence-electron chi connectivity index (χ2n) is 3.87. The van der Waals surface area contributed by atoms with Gasteiger partial charge in [0.15, 0.2) is 0 Å². The summed E-state index contributed by atoms with van der Waals surface area (Å²) in [6.07, 6.45) is 1.47. The molecular formula is C12H17ClINO. The van der Waals surface area contributed by atoms with E-state index in [1.54, 1.807) is 6.92 Å². The van der Waals surface area contributed by atoms with Crippen LogP contribution in [0.4, 0.5) is 5.69 Å². The molecule has 0 spiro atoms. The molecule has 0 unspecified atom stereocenters. The number of carbonyl (C=O) groups is 1. The maximum Gasteiger partial charge on any atom is 0.130 e. The molecule has 0 radical (unpaired) electrons. The minimum atomic E-state index is 0. The average Bonchev–Trinajstić information content (AvgIpc) is 2.16. The van der Waals surface area contributed by atoms with Gasteiger partial charge in [-0.1, -0.05) is 0 Å². The van der Waals surface area contributed by atoms with E-state index in [0.29, 0.717) is 6.42 Å². The summed E-state index contributed by atoms with van der Waals surface area (Å²) in [5, 5.41) is 0. The zero-order chi connectivity index (χ0) is 11.4. The van der Waals surface area contributed by atoms with Gasteiger partial charge in [0.2, 0.25) is 0 Å². The maximum atomic E-state index is 10.9. The Morgan fingerprint density at radius 1 is 1.38 bits per heavy atom. The van der Waals surface area contributed by atoms with Gasteiger partial charge in [0.25, 0.3) is 0 Å². The van der Waals surface area contributed by atoms with Crippen LogP contribution >= 0.6 is 35.0 Å². The van der Waals surface area contributed by atoms with Crippen LogP contribution in [0, 0.1) is 3.57 Å².